The predicted molar refractivity (Wildman–Crippen MR) is 73.2 cm³/mol. The maximum atomic E-state index is 12.2. The second kappa shape index (κ2) is 7.10. The second-order valence-electron chi connectivity index (χ2n) is 5.82. The van der Waals surface area contributed by atoms with E-state index in [4.69, 9.17) is 4.74 Å². The molecule has 2 unspecified atom stereocenters. The highest BCUT2D eigenvalue weighted by atomic mass is 16.5. The first-order valence-corrected chi connectivity index (χ1v) is 7.11. The van der Waals surface area contributed by atoms with Gasteiger partial charge in [0, 0.05) is 13.2 Å². The van der Waals surface area contributed by atoms with Crippen LogP contribution in [0.1, 0.15) is 41.0 Å². The molecule has 0 aliphatic carbocycles. The van der Waals surface area contributed by atoms with Gasteiger partial charge in [0.05, 0.1) is 18.8 Å². The van der Waals surface area contributed by atoms with Gasteiger partial charge in [-0.15, -0.1) is 0 Å². The Morgan fingerprint density at radius 1 is 1.33 bits per heavy atom. The van der Waals surface area contributed by atoms with Gasteiger partial charge in [-0.3, -0.25) is 10.1 Å². The van der Waals surface area contributed by atoms with Crippen LogP contribution in [0.3, 0.4) is 0 Å². The molecule has 0 saturated carbocycles. The molecular weight excluding hydrogens is 228 g/mol. The van der Waals surface area contributed by atoms with Crippen molar-refractivity contribution in [3.63, 3.8) is 0 Å². The van der Waals surface area contributed by atoms with Gasteiger partial charge in [-0.1, -0.05) is 34.6 Å². The zero-order valence-corrected chi connectivity index (χ0v) is 12.4. The summed E-state index contributed by atoms with van der Waals surface area (Å²) in [6.45, 7) is 12.7. The van der Waals surface area contributed by atoms with Gasteiger partial charge in [0.25, 0.3) is 0 Å². The van der Waals surface area contributed by atoms with Gasteiger partial charge in [0.1, 0.15) is 0 Å². The second-order valence-corrected chi connectivity index (χ2v) is 5.82. The monoisotopic (exact) mass is 256 g/mol. The van der Waals surface area contributed by atoms with Crippen molar-refractivity contribution in [3.05, 3.63) is 0 Å². The minimum Gasteiger partial charge on any atom is -0.379 e. The molecule has 1 saturated heterocycles. The summed E-state index contributed by atoms with van der Waals surface area (Å²) >= 11 is 0. The Kier molecular flexibility index (Phi) is 6.09. The molecule has 1 heterocycles. The standard InChI is InChI=1S/C14H28N2O2/c1-6-12-14(17)16(13(15-12)11(4)5)7-8-18-9-10(2)3/h10-13,15H,6-9H2,1-5H3. The summed E-state index contributed by atoms with van der Waals surface area (Å²) in [5, 5.41) is 3.41. The molecule has 0 aromatic heterocycles. The molecule has 0 bridgehead atoms. The fraction of sp³-hybridized carbons (Fsp3) is 0.929. The van der Waals surface area contributed by atoms with E-state index < -0.39 is 0 Å². The van der Waals surface area contributed by atoms with Crippen LogP contribution >= 0.6 is 0 Å². The molecule has 0 aromatic rings. The number of hydrogen-bond donors (Lipinski definition) is 1. The molecule has 1 amide bonds. The van der Waals surface area contributed by atoms with Crippen LogP contribution in [-0.2, 0) is 9.53 Å². The molecule has 1 rings (SSSR count). The van der Waals surface area contributed by atoms with E-state index in [-0.39, 0.29) is 18.1 Å². The number of nitrogens with zero attached hydrogens (tertiary/aromatic N) is 1. The quantitative estimate of drug-likeness (QED) is 0.707. The van der Waals surface area contributed by atoms with Gasteiger partial charge < -0.3 is 9.64 Å². The highest BCUT2D eigenvalue weighted by Gasteiger charge is 2.38. The average molecular weight is 256 g/mol. The number of carbonyl (C=O) groups is 1. The minimum absolute atomic E-state index is 0.0116. The van der Waals surface area contributed by atoms with Gasteiger partial charge in [0.2, 0.25) is 5.91 Å². The van der Waals surface area contributed by atoms with E-state index in [0.29, 0.717) is 25.0 Å². The molecule has 1 fully saturated rings. The van der Waals surface area contributed by atoms with Crippen molar-refractivity contribution in [1.82, 2.24) is 10.2 Å². The zero-order chi connectivity index (χ0) is 13.7. The Labute approximate surface area is 111 Å². The normalized spacial score (nSPS) is 24.6. The molecule has 2 atom stereocenters. The number of nitrogens with one attached hydrogen (secondary N) is 1. The zero-order valence-electron chi connectivity index (χ0n) is 12.4. The third-order valence-corrected chi connectivity index (χ3v) is 3.26. The molecule has 0 radical (unpaired) electrons. The lowest BCUT2D eigenvalue weighted by Crippen LogP contribution is -2.43. The van der Waals surface area contributed by atoms with Gasteiger partial charge in [-0.25, -0.2) is 0 Å². The molecule has 4 heteroatoms. The van der Waals surface area contributed by atoms with Crippen molar-refractivity contribution >= 4 is 5.91 Å². The van der Waals surface area contributed by atoms with E-state index in [0.717, 1.165) is 13.0 Å². The summed E-state index contributed by atoms with van der Waals surface area (Å²) in [6.07, 6.45) is 1.01. The fourth-order valence-electron chi connectivity index (χ4n) is 2.28. The van der Waals surface area contributed by atoms with Crippen molar-refractivity contribution in [1.29, 1.82) is 0 Å². The van der Waals surface area contributed by atoms with Gasteiger partial charge in [-0.05, 0) is 18.3 Å². The van der Waals surface area contributed by atoms with E-state index in [1.807, 2.05) is 11.8 Å². The van der Waals surface area contributed by atoms with E-state index in [2.05, 4.69) is 33.0 Å². The van der Waals surface area contributed by atoms with Crippen molar-refractivity contribution < 1.29 is 9.53 Å². The first-order valence-electron chi connectivity index (χ1n) is 7.11. The van der Waals surface area contributed by atoms with Crippen molar-refractivity contribution in [2.24, 2.45) is 11.8 Å². The van der Waals surface area contributed by atoms with Crippen LogP contribution in [0, 0.1) is 11.8 Å². The van der Waals surface area contributed by atoms with Crippen LogP contribution in [0.25, 0.3) is 0 Å². The van der Waals surface area contributed by atoms with Crippen LogP contribution < -0.4 is 5.32 Å². The Balaban J connectivity index is 2.47. The first kappa shape index (κ1) is 15.4. The predicted octanol–water partition coefficient (Wildman–Crippen LogP) is 1.85. The van der Waals surface area contributed by atoms with Gasteiger partial charge in [-0.2, -0.15) is 0 Å². The van der Waals surface area contributed by atoms with Crippen molar-refractivity contribution in [2.45, 2.75) is 53.2 Å². The molecule has 4 nitrogen and oxygen atoms in total. The number of ether oxygens (including phenoxy) is 1. The Bertz CT molecular complexity index is 267. The lowest BCUT2D eigenvalue weighted by atomic mass is 10.1. The number of carbonyl (C=O) groups excluding carboxylic acids is 1. The van der Waals surface area contributed by atoms with E-state index >= 15 is 0 Å². The average Bonchev–Trinajstić information content (AvgIpc) is 2.61. The Morgan fingerprint density at radius 3 is 2.50 bits per heavy atom. The smallest absolute Gasteiger partial charge is 0.241 e. The van der Waals surface area contributed by atoms with Crippen LogP contribution in [0.2, 0.25) is 0 Å². The highest BCUT2D eigenvalue weighted by Crippen LogP contribution is 2.18. The summed E-state index contributed by atoms with van der Waals surface area (Å²) in [5.74, 6) is 1.20. The minimum atomic E-state index is -0.0116. The summed E-state index contributed by atoms with van der Waals surface area (Å²) in [5.41, 5.74) is 0. The van der Waals surface area contributed by atoms with E-state index in [9.17, 15) is 4.79 Å². The van der Waals surface area contributed by atoms with Gasteiger partial charge in [0.15, 0.2) is 0 Å². The van der Waals surface area contributed by atoms with E-state index in [1.165, 1.54) is 0 Å². The van der Waals surface area contributed by atoms with Crippen LogP contribution in [-0.4, -0.2) is 42.8 Å². The topological polar surface area (TPSA) is 41.6 Å². The molecule has 18 heavy (non-hydrogen) atoms. The van der Waals surface area contributed by atoms with Crippen LogP contribution in [0.4, 0.5) is 0 Å². The lowest BCUT2D eigenvalue weighted by Gasteiger charge is -2.27. The molecular formula is C14H28N2O2. The van der Waals surface area contributed by atoms with Crippen molar-refractivity contribution in [3.8, 4) is 0 Å². The summed E-state index contributed by atoms with van der Waals surface area (Å²) in [6, 6.07) is -0.0116. The molecule has 1 aliphatic heterocycles. The molecule has 1 N–H and O–H groups in total. The molecule has 0 aromatic carbocycles. The van der Waals surface area contributed by atoms with Gasteiger partial charge >= 0.3 is 0 Å². The highest BCUT2D eigenvalue weighted by molar-refractivity contribution is 5.84. The molecule has 106 valence electrons. The Hall–Kier alpha value is -0.610. The summed E-state index contributed by atoms with van der Waals surface area (Å²) in [4.78, 5) is 14.1. The van der Waals surface area contributed by atoms with E-state index in [1.54, 1.807) is 0 Å². The maximum absolute atomic E-state index is 12.2. The first-order chi connectivity index (χ1) is 8.47. The third kappa shape index (κ3) is 3.95. The Morgan fingerprint density at radius 2 is 2.00 bits per heavy atom. The SMILES string of the molecule is CCC1NC(C(C)C)N(CCOCC(C)C)C1=O. The number of amides is 1. The number of hydrogen-bond acceptors (Lipinski definition) is 3. The number of rotatable bonds is 7. The van der Waals surface area contributed by atoms with Crippen LogP contribution in [0.5, 0.6) is 0 Å². The fourth-order valence-corrected chi connectivity index (χ4v) is 2.28. The molecule has 0 spiro atoms. The third-order valence-electron chi connectivity index (χ3n) is 3.26. The summed E-state index contributed by atoms with van der Waals surface area (Å²) in [7, 11) is 0. The molecule has 1 aliphatic rings. The van der Waals surface area contributed by atoms with Crippen LogP contribution in [0.15, 0.2) is 0 Å². The largest absolute Gasteiger partial charge is 0.379 e. The lowest BCUT2D eigenvalue weighted by molar-refractivity contribution is -0.131. The van der Waals surface area contributed by atoms with Crippen molar-refractivity contribution in [2.75, 3.05) is 19.8 Å². The summed E-state index contributed by atoms with van der Waals surface area (Å²) < 4.78 is 5.58. The maximum Gasteiger partial charge on any atom is 0.241 e.